The van der Waals surface area contributed by atoms with Gasteiger partial charge in [-0.3, -0.25) is 9.10 Å². The van der Waals surface area contributed by atoms with Crippen LogP contribution in [0.2, 0.25) is 0 Å². The molecule has 8 heteroatoms. The highest BCUT2D eigenvalue weighted by Crippen LogP contribution is 2.32. The molecule has 0 aliphatic carbocycles. The van der Waals surface area contributed by atoms with Gasteiger partial charge in [-0.25, -0.2) is 8.42 Å². The number of hydrogen-bond acceptors (Lipinski definition) is 5. The normalized spacial score (nSPS) is 10.9. The summed E-state index contributed by atoms with van der Waals surface area (Å²) in [4.78, 5) is 12.1. The number of nitrogens with zero attached hydrogens (tertiary/aromatic N) is 1. The fraction of sp³-hybridized carbons (Fsp3) is 0.316. The van der Waals surface area contributed by atoms with Gasteiger partial charge < -0.3 is 14.8 Å². The van der Waals surface area contributed by atoms with Crippen LogP contribution in [0.1, 0.15) is 12.0 Å². The molecule has 0 heterocycles. The van der Waals surface area contributed by atoms with Crippen LogP contribution >= 0.6 is 0 Å². The highest BCUT2D eigenvalue weighted by atomic mass is 32.2. The van der Waals surface area contributed by atoms with E-state index >= 15 is 0 Å². The van der Waals surface area contributed by atoms with E-state index in [4.69, 9.17) is 9.47 Å². The minimum absolute atomic E-state index is 0.0228. The van der Waals surface area contributed by atoms with Crippen molar-refractivity contribution in [2.75, 3.05) is 31.3 Å². The minimum atomic E-state index is -3.57. The second-order valence-corrected chi connectivity index (χ2v) is 7.79. The number of methoxy groups -OCH3 is 2. The Labute approximate surface area is 160 Å². The molecule has 0 fully saturated rings. The summed E-state index contributed by atoms with van der Waals surface area (Å²) in [5.41, 5.74) is 1.39. The monoisotopic (exact) mass is 392 g/mol. The highest BCUT2D eigenvalue weighted by Gasteiger charge is 2.20. The van der Waals surface area contributed by atoms with E-state index in [2.05, 4.69) is 5.32 Å². The van der Waals surface area contributed by atoms with Crippen molar-refractivity contribution < 1.29 is 22.7 Å². The zero-order chi connectivity index (χ0) is 19.9. The van der Waals surface area contributed by atoms with Gasteiger partial charge in [0.25, 0.3) is 0 Å². The minimum Gasteiger partial charge on any atom is -0.493 e. The van der Waals surface area contributed by atoms with Crippen molar-refractivity contribution in [3.63, 3.8) is 0 Å². The third-order valence-electron chi connectivity index (χ3n) is 3.93. The van der Waals surface area contributed by atoms with Crippen LogP contribution < -0.4 is 19.1 Å². The Hall–Kier alpha value is -2.74. The molecule has 0 radical (unpaired) electrons. The van der Waals surface area contributed by atoms with Gasteiger partial charge in [0.05, 0.1) is 26.2 Å². The first kappa shape index (κ1) is 20.6. The number of carbonyl (C=O) groups is 1. The number of amides is 1. The predicted octanol–water partition coefficient (Wildman–Crippen LogP) is 2.18. The summed E-state index contributed by atoms with van der Waals surface area (Å²) in [7, 11) is -0.590. The van der Waals surface area contributed by atoms with Crippen LogP contribution in [0.5, 0.6) is 11.5 Å². The molecule has 7 nitrogen and oxygen atoms in total. The second kappa shape index (κ2) is 9.27. The molecule has 2 aromatic rings. The predicted molar refractivity (Wildman–Crippen MR) is 105 cm³/mol. The molecule has 0 spiro atoms. The molecule has 0 unspecified atom stereocenters. The number of ether oxygens (including phenoxy) is 2. The van der Waals surface area contributed by atoms with Crippen molar-refractivity contribution in [3.05, 3.63) is 54.1 Å². The first-order chi connectivity index (χ1) is 12.8. The lowest BCUT2D eigenvalue weighted by molar-refractivity contribution is -0.121. The lowest BCUT2D eigenvalue weighted by Gasteiger charge is -2.23. The van der Waals surface area contributed by atoms with E-state index in [1.165, 1.54) is 18.5 Å². The average molecular weight is 392 g/mol. The topological polar surface area (TPSA) is 84.9 Å². The van der Waals surface area contributed by atoms with Crippen LogP contribution in [-0.2, 0) is 21.4 Å². The van der Waals surface area contributed by atoms with Crippen LogP contribution in [0.3, 0.4) is 0 Å². The number of rotatable bonds is 9. The summed E-state index contributed by atoms with van der Waals surface area (Å²) in [6.07, 6.45) is 1.14. The van der Waals surface area contributed by atoms with E-state index in [0.717, 1.165) is 11.8 Å². The molecule has 27 heavy (non-hydrogen) atoms. The van der Waals surface area contributed by atoms with E-state index in [9.17, 15) is 13.2 Å². The third-order valence-corrected chi connectivity index (χ3v) is 5.12. The number of carbonyl (C=O) groups excluding carboxylic acids is 1. The van der Waals surface area contributed by atoms with E-state index < -0.39 is 10.0 Å². The molecule has 0 aliphatic heterocycles. The molecular formula is C19H24N2O5S. The quantitative estimate of drug-likeness (QED) is 0.707. The molecule has 2 rings (SSSR count). The summed E-state index contributed by atoms with van der Waals surface area (Å²) in [5, 5.41) is 2.79. The van der Waals surface area contributed by atoms with Crippen LogP contribution in [0.15, 0.2) is 48.5 Å². The van der Waals surface area contributed by atoms with Gasteiger partial charge in [0, 0.05) is 25.6 Å². The van der Waals surface area contributed by atoms with E-state index in [-0.39, 0.29) is 18.9 Å². The Morgan fingerprint density at radius 3 is 2.30 bits per heavy atom. The standard InChI is InChI=1S/C19H24N2O5S/c1-25-17-10-9-16(13-18(17)26-2)21(27(3,23)24)12-11-19(22)20-14-15-7-5-4-6-8-15/h4-10,13H,11-12,14H2,1-3H3,(H,20,22). The maximum absolute atomic E-state index is 12.2. The van der Waals surface area contributed by atoms with Gasteiger partial charge in [0.2, 0.25) is 15.9 Å². The summed E-state index contributed by atoms with van der Waals surface area (Å²) >= 11 is 0. The maximum atomic E-state index is 12.2. The number of benzene rings is 2. The smallest absolute Gasteiger partial charge is 0.232 e. The van der Waals surface area contributed by atoms with Gasteiger partial charge in [-0.15, -0.1) is 0 Å². The fourth-order valence-electron chi connectivity index (χ4n) is 2.55. The summed E-state index contributed by atoms with van der Waals surface area (Å²) < 4.78 is 36.0. The Morgan fingerprint density at radius 2 is 1.70 bits per heavy atom. The number of hydrogen-bond donors (Lipinski definition) is 1. The molecular weight excluding hydrogens is 368 g/mol. The van der Waals surface area contributed by atoms with Crippen molar-refractivity contribution in [3.8, 4) is 11.5 Å². The third kappa shape index (κ3) is 5.89. The van der Waals surface area contributed by atoms with Crippen molar-refractivity contribution in [1.82, 2.24) is 5.32 Å². The van der Waals surface area contributed by atoms with Gasteiger partial charge in [-0.2, -0.15) is 0 Å². The average Bonchev–Trinajstić information content (AvgIpc) is 2.66. The molecule has 146 valence electrons. The van der Waals surface area contributed by atoms with Crippen molar-refractivity contribution >= 4 is 21.6 Å². The zero-order valence-electron chi connectivity index (χ0n) is 15.6. The Balaban J connectivity index is 2.06. The van der Waals surface area contributed by atoms with Crippen LogP contribution in [0.25, 0.3) is 0 Å². The molecule has 1 N–H and O–H groups in total. The molecule has 0 atom stereocenters. The van der Waals surface area contributed by atoms with Gasteiger partial charge in [0.15, 0.2) is 11.5 Å². The number of sulfonamides is 1. The van der Waals surface area contributed by atoms with Crippen LogP contribution in [0.4, 0.5) is 5.69 Å². The van der Waals surface area contributed by atoms with E-state index in [0.29, 0.717) is 23.7 Å². The van der Waals surface area contributed by atoms with Crippen molar-refractivity contribution in [1.29, 1.82) is 0 Å². The molecule has 0 aromatic heterocycles. The SMILES string of the molecule is COc1ccc(N(CCC(=O)NCc2ccccc2)S(C)(=O)=O)cc1OC. The second-order valence-electron chi connectivity index (χ2n) is 5.89. The molecule has 0 saturated carbocycles. The van der Waals surface area contributed by atoms with Crippen molar-refractivity contribution in [2.24, 2.45) is 0 Å². The Kier molecular flexibility index (Phi) is 7.06. The molecule has 0 saturated heterocycles. The summed E-state index contributed by atoms with van der Waals surface area (Å²) in [6, 6.07) is 14.3. The summed E-state index contributed by atoms with van der Waals surface area (Å²) in [6.45, 7) is 0.420. The lowest BCUT2D eigenvalue weighted by atomic mass is 10.2. The molecule has 1 amide bonds. The Bertz CT molecular complexity index is 869. The first-order valence-electron chi connectivity index (χ1n) is 8.35. The highest BCUT2D eigenvalue weighted by molar-refractivity contribution is 7.92. The van der Waals surface area contributed by atoms with Gasteiger partial charge in [0.1, 0.15) is 0 Å². The van der Waals surface area contributed by atoms with Crippen LogP contribution in [-0.4, -0.2) is 41.3 Å². The number of anilines is 1. The first-order valence-corrected chi connectivity index (χ1v) is 10.2. The summed E-state index contributed by atoms with van der Waals surface area (Å²) in [5.74, 6) is 0.681. The van der Waals surface area contributed by atoms with Crippen molar-refractivity contribution in [2.45, 2.75) is 13.0 Å². The van der Waals surface area contributed by atoms with Gasteiger partial charge in [-0.1, -0.05) is 30.3 Å². The molecule has 2 aromatic carbocycles. The largest absolute Gasteiger partial charge is 0.493 e. The lowest BCUT2D eigenvalue weighted by Crippen LogP contribution is -2.34. The van der Waals surface area contributed by atoms with Gasteiger partial charge in [-0.05, 0) is 17.7 Å². The zero-order valence-corrected chi connectivity index (χ0v) is 16.5. The van der Waals surface area contributed by atoms with Gasteiger partial charge >= 0.3 is 0 Å². The van der Waals surface area contributed by atoms with E-state index in [1.807, 2.05) is 30.3 Å². The maximum Gasteiger partial charge on any atom is 0.232 e. The molecule has 0 bridgehead atoms. The Morgan fingerprint density at radius 1 is 1.04 bits per heavy atom. The number of nitrogens with one attached hydrogen (secondary N) is 1. The van der Waals surface area contributed by atoms with Crippen LogP contribution in [0, 0.1) is 0 Å². The van der Waals surface area contributed by atoms with E-state index in [1.54, 1.807) is 18.2 Å². The fourth-order valence-corrected chi connectivity index (χ4v) is 3.47. The molecule has 0 aliphatic rings.